The van der Waals surface area contributed by atoms with Crippen LogP contribution in [0.3, 0.4) is 0 Å². The van der Waals surface area contributed by atoms with Gasteiger partial charge in [-0.15, -0.1) is 12.4 Å². The fraction of sp³-hybridized carbons (Fsp3) is 0.400. The first kappa shape index (κ1) is 16.7. The van der Waals surface area contributed by atoms with Crippen molar-refractivity contribution in [3.8, 4) is 0 Å². The van der Waals surface area contributed by atoms with Crippen LogP contribution in [0.1, 0.15) is 5.56 Å². The van der Waals surface area contributed by atoms with E-state index in [4.69, 9.17) is 4.74 Å². The van der Waals surface area contributed by atoms with Gasteiger partial charge < -0.3 is 10.1 Å². The summed E-state index contributed by atoms with van der Waals surface area (Å²) in [5, 5.41) is 2.89. The fourth-order valence-corrected chi connectivity index (χ4v) is 1.96. The highest BCUT2D eigenvalue weighted by Gasteiger charge is 2.09. The Morgan fingerprint density at radius 2 is 1.95 bits per heavy atom. The first-order valence-corrected chi connectivity index (χ1v) is 6.66. The predicted molar refractivity (Wildman–Crippen MR) is 83.0 cm³/mol. The van der Waals surface area contributed by atoms with Gasteiger partial charge >= 0.3 is 0 Å². The maximum Gasteiger partial charge on any atom is 0.244 e. The molecule has 1 heterocycles. The van der Waals surface area contributed by atoms with Crippen molar-refractivity contribution in [2.45, 2.75) is 0 Å². The molecule has 110 valence electrons. The van der Waals surface area contributed by atoms with Crippen LogP contribution in [0.15, 0.2) is 36.4 Å². The molecule has 1 N–H and O–H groups in total. The number of hydrogen-bond donors (Lipinski definition) is 1. The molecule has 1 saturated heterocycles. The number of morpholine rings is 1. The van der Waals surface area contributed by atoms with E-state index in [0.29, 0.717) is 6.54 Å². The second-order valence-electron chi connectivity index (χ2n) is 4.49. The highest BCUT2D eigenvalue weighted by Crippen LogP contribution is 2.00. The van der Waals surface area contributed by atoms with Gasteiger partial charge in [-0.3, -0.25) is 9.69 Å². The molecule has 1 fully saturated rings. The van der Waals surface area contributed by atoms with Gasteiger partial charge in [0.25, 0.3) is 0 Å². The molecular weight excluding hydrogens is 276 g/mol. The molecule has 1 aliphatic heterocycles. The number of halogens is 1. The van der Waals surface area contributed by atoms with Crippen LogP contribution in [0.5, 0.6) is 0 Å². The summed E-state index contributed by atoms with van der Waals surface area (Å²) in [6, 6.07) is 9.81. The van der Waals surface area contributed by atoms with Gasteiger partial charge in [-0.05, 0) is 11.6 Å². The number of rotatable bonds is 5. The van der Waals surface area contributed by atoms with Gasteiger partial charge in [0, 0.05) is 32.3 Å². The lowest BCUT2D eigenvalue weighted by atomic mass is 10.2. The zero-order valence-corrected chi connectivity index (χ0v) is 12.3. The Morgan fingerprint density at radius 3 is 2.65 bits per heavy atom. The molecule has 0 spiro atoms. The zero-order chi connectivity index (χ0) is 13.3. The lowest BCUT2D eigenvalue weighted by molar-refractivity contribution is -0.116. The lowest BCUT2D eigenvalue weighted by Gasteiger charge is -2.26. The van der Waals surface area contributed by atoms with E-state index in [1.54, 1.807) is 6.08 Å². The molecule has 1 amide bonds. The quantitative estimate of drug-likeness (QED) is 0.839. The maximum atomic E-state index is 11.6. The summed E-state index contributed by atoms with van der Waals surface area (Å²) < 4.78 is 5.27. The second-order valence-corrected chi connectivity index (χ2v) is 4.49. The summed E-state index contributed by atoms with van der Waals surface area (Å²) in [4.78, 5) is 13.9. The summed E-state index contributed by atoms with van der Waals surface area (Å²) in [6.07, 6.45) is 3.40. The van der Waals surface area contributed by atoms with Crippen molar-refractivity contribution in [2.75, 3.05) is 39.4 Å². The van der Waals surface area contributed by atoms with Crippen molar-refractivity contribution >= 4 is 24.4 Å². The fourth-order valence-electron chi connectivity index (χ4n) is 1.96. The molecule has 20 heavy (non-hydrogen) atoms. The van der Waals surface area contributed by atoms with Crippen LogP contribution in [0.4, 0.5) is 0 Å². The molecular formula is C15H21ClN2O2. The van der Waals surface area contributed by atoms with Crippen LogP contribution < -0.4 is 5.32 Å². The van der Waals surface area contributed by atoms with E-state index >= 15 is 0 Å². The third kappa shape index (κ3) is 6.19. The largest absolute Gasteiger partial charge is 0.379 e. The van der Waals surface area contributed by atoms with Crippen LogP contribution in [0, 0.1) is 0 Å². The molecule has 0 saturated carbocycles. The van der Waals surface area contributed by atoms with E-state index in [1.165, 1.54) is 0 Å². The Bertz CT molecular complexity index is 417. The number of benzene rings is 1. The number of amides is 1. The number of ether oxygens (including phenoxy) is 1. The Hall–Kier alpha value is -1.36. The molecule has 4 nitrogen and oxygen atoms in total. The number of nitrogens with one attached hydrogen (secondary N) is 1. The van der Waals surface area contributed by atoms with Crippen LogP contribution in [0.2, 0.25) is 0 Å². The molecule has 2 rings (SSSR count). The van der Waals surface area contributed by atoms with Gasteiger partial charge in [0.1, 0.15) is 0 Å². The van der Waals surface area contributed by atoms with Crippen molar-refractivity contribution in [3.05, 3.63) is 42.0 Å². The van der Waals surface area contributed by atoms with Crippen molar-refractivity contribution in [1.82, 2.24) is 10.2 Å². The monoisotopic (exact) mass is 296 g/mol. The Morgan fingerprint density at radius 1 is 1.25 bits per heavy atom. The normalized spacial score (nSPS) is 15.8. The van der Waals surface area contributed by atoms with Crippen molar-refractivity contribution in [2.24, 2.45) is 0 Å². The number of nitrogens with zero attached hydrogens (tertiary/aromatic N) is 1. The highest BCUT2D eigenvalue weighted by atomic mass is 35.5. The number of carbonyl (C=O) groups excluding carboxylic acids is 1. The molecule has 5 heteroatoms. The van der Waals surface area contributed by atoms with Gasteiger partial charge in [-0.25, -0.2) is 0 Å². The summed E-state index contributed by atoms with van der Waals surface area (Å²) in [5.41, 5.74) is 1.03. The van der Waals surface area contributed by atoms with Crippen LogP contribution in [0.25, 0.3) is 6.08 Å². The molecule has 0 bridgehead atoms. The smallest absolute Gasteiger partial charge is 0.244 e. The molecule has 0 aromatic heterocycles. The van der Waals surface area contributed by atoms with Gasteiger partial charge in [0.05, 0.1) is 13.2 Å². The van der Waals surface area contributed by atoms with E-state index in [0.717, 1.165) is 38.4 Å². The molecule has 0 atom stereocenters. The second kappa shape index (κ2) is 9.53. The Balaban J connectivity index is 0.00000200. The minimum atomic E-state index is -0.0443. The van der Waals surface area contributed by atoms with Crippen molar-refractivity contribution in [1.29, 1.82) is 0 Å². The summed E-state index contributed by atoms with van der Waals surface area (Å²) in [5.74, 6) is -0.0443. The van der Waals surface area contributed by atoms with Crippen molar-refractivity contribution < 1.29 is 9.53 Å². The molecule has 1 aromatic carbocycles. The van der Waals surface area contributed by atoms with Gasteiger partial charge in [-0.2, -0.15) is 0 Å². The van der Waals surface area contributed by atoms with Gasteiger partial charge in [0.2, 0.25) is 5.91 Å². The first-order chi connectivity index (χ1) is 9.34. The third-order valence-electron chi connectivity index (χ3n) is 3.06. The Labute approximate surface area is 126 Å². The van der Waals surface area contributed by atoms with E-state index in [2.05, 4.69) is 10.2 Å². The van der Waals surface area contributed by atoms with Gasteiger partial charge in [-0.1, -0.05) is 30.3 Å². The minimum absolute atomic E-state index is 0. The van der Waals surface area contributed by atoms with E-state index in [-0.39, 0.29) is 18.3 Å². The molecule has 1 aliphatic rings. The summed E-state index contributed by atoms with van der Waals surface area (Å²) in [7, 11) is 0. The van der Waals surface area contributed by atoms with E-state index in [1.807, 2.05) is 36.4 Å². The summed E-state index contributed by atoms with van der Waals surface area (Å²) in [6.45, 7) is 5.06. The number of hydrogen-bond acceptors (Lipinski definition) is 3. The highest BCUT2D eigenvalue weighted by molar-refractivity contribution is 5.91. The van der Waals surface area contributed by atoms with E-state index < -0.39 is 0 Å². The Kier molecular flexibility index (Phi) is 7.95. The van der Waals surface area contributed by atoms with Crippen LogP contribution >= 0.6 is 12.4 Å². The first-order valence-electron chi connectivity index (χ1n) is 6.66. The number of carbonyl (C=O) groups is 1. The maximum absolute atomic E-state index is 11.6. The average Bonchev–Trinajstić information content (AvgIpc) is 2.47. The van der Waals surface area contributed by atoms with Crippen LogP contribution in [-0.2, 0) is 9.53 Å². The average molecular weight is 297 g/mol. The molecule has 0 aliphatic carbocycles. The molecule has 0 radical (unpaired) electrons. The van der Waals surface area contributed by atoms with Crippen LogP contribution in [-0.4, -0.2) is 50.2 Å². The molecule has 1 aromatic rings. The standard InChI is InChI=1S/C15H20N2O2.ClH/c18-15(7-6-14-4-2-1-3-5-14)16-8-9-17-10-12-19-13-11-17;/h1-7H,8-13H2,(H,16,18);1H/b7-6+;. The third-order valence-corrected chi connectivity index (χ3v) is 3.06. The lowest BCUT2D eigenvalue weighted by Crippen LogP contribution is -2.41. The minimum Gasteiger partial charge on any atom is -0.379 e. The van der Waals surface area contributed by atoms with E-state index in [9.17, 15) is 4.79 Å². The summed E-state index contributed by atoms with van der Waals surface area (Å²) >= 11 is 0. The predicted octanol–water partition coefficient (Wildman–Crippen LogP) is 1.57. The van der Waals surface area contributed by atoms with Crippen molar-refractivity contribution in [3.63, 3.8) is 0 Å². The molecule has 0 unspecified atom stereocenters. The zero-order valence-electron chi connectivity index (χ0n) is 11.5. The topological polar surface area (TPSA) is 41.6 Å². The SMILES string of the molecule is Cl.O=C(/C=C/c1ccccc1)NCCN1CCOCC1. The van der Waals surface area contributed by atoms with Gasteiger partial charge in [0.15, 0.2) is 0 Å².